The van der Waals surface area contributed by atoms with E-state index in [4.69, 9.17) is 9.84 Å². The first kappa shape index (κ1) is 20.6. The summed E-state index contributed by atoms with van der Waals surface area (Å²) in [6, 6.07) is 19.2. The lowest BCUT2D eigenvalue weighted by Gasteiger charge is -2.29. The monoisotopic (exact) mass is 419 g/mol. The first-order valence-electron chi connectivity index (χ1n) is 10.1. The number of hydrogen-bond donors (Lipinski definition) is 1. The van der Waals surface area contributed by atoms with E-state index >= 15 is 0 Å². The molecule has 5 nitrogen and oxygen atoms in total. The number of carbonyl (C=O) groups is 2. The Bertz CT molecular complexity index is 1140. The maximum Gasteiger partial charge on any atom is 0.341 e. The van der Waals surface area contributed by atoms with E-state index in [-0.39, 0.29) is 17.8 Å². The highest BCUT2D eigenvalue weighted by molar-refractivity contribution is 5.93. The van der Waals surface area contributed by atoms with Gasteiger partial charge >= 0.3 is 5.97 Å². The minimum absolute atomic E-state index is 0.121. The SMILES string of the molecule is CC(=O)N(c1cccc(OCC(=O)O)c1)C1CCc2ccc(-c3cccc(F)c3)cc21. The molecule has 0 fully saturated rings. The van der Waals surface area contributed by atoms with Crippen LogP contribution in [0.4, 0.5) is 10.1 Å². The molecule has 4 rings (SSSR count). The predicted molar refractivity (Wildman–Crippen MR) is 116 cm³/mol. The van der Waals surface area contributed by atoms with E-state index in [0.717, 1.165) is 35.1 Å². The number of fused-ring (bicyclic) bond motifs is 1. The number of aryl methyl sites for hydroxylation is 1. The molecule has 0 saturated heterocycles. The molecular formula is C25H22FNO4. The molecule has 0 heterocycles. The Hall–Kier alpha value is -3.67. The zero-order valence-corrected chi connectivity index (χ0v) is 17.0. The molecule has 0 saturated carbocycles. The third-order valence-corrected chi connectivity index (χ3v) is 5.46. The lowest BCUT2D eigenvalue weighted by Crippen LogP contribution is -2.32. The number of carboxylic acid groups (broad SMARTS) is 1. The molecule has 1 aliphatic carbocycles. The number of halogens is 1. The zero-order valence-electron chi connectivity index (χ0n) is 17.0. The Kier molecular flexibility index (Phi) is 5.71. The molecule has 158 valence electrons. The summed E-state index contributed by atoms with van der Waals surface area (Å²) in [5.41, 5.74) is 4.52. The highest BCUT2D eigenvalue weighted by Crippen LogP contribution is 2.41. The molecule has 1 unspecified atom stereocenters. The molecule has 0 radical (unpaired) electrons. The quantitative estimate of drug-likeness (QED) is 0.611. The van der Waals surface area contributed by atoms with Crippen LogP contribution in [-0.2, 0) is 16.0 Å². The summed E-state index contributed by atoms with van der Waals surface area (Å²) < 4.78 is 19.0. The van der Waals surface area contributed by atoms with Crippen LogP contribution in [0.1, 0.15) is 30.5 Å². The molecule has 0 aliphatic heterocycles. The van der Waals surface area contributed by atoms with Crippen molar-refractivity contribution in [2.45, 2.75) is 25.8 Å². The van der Waals surface area contributed by atoms with E-state index in [1.165, 1.54) is 19.1 Å². The second-order valence-electron chi connectivity index (χ2n) is 7.55. The van der Waals surface area contributed by atoms with Crippen LogP contribution in [0.25, 0.3) is 11.1 Å². The number of ether oxygens (including phenoxy) is 1. The van der Waals surface area contributed by atoms with E-state index in [1.807, 2.05) is 30.3 Å². The number of aliphatic carboxylic acids is 1. The molecule has 0 spiro atoms. The Labute approximate surface area is 179 Å². The molecule has 1 N–H and O–H groups in total. The van der Waals surface area contributed by atoms with E-state index in [0.29, 0.717) is 11.4 Å². The van der Waals surface area contributed by atoms with E-state index in [1.54, 1.807) is 29.2 Å². The largest absolute Gasteiger partial charge is 0.482 e. The average Bonchev–Trinajstić information content (AvgIpc) is 3.15. The summed E-state index contributed by atoms with van der Waals surface area (Å²) >= 11 is 0. The van der Waals surface area contributed by atoms with Gasteiger partial charge in [-0.2, -0.15) is 0 Å². The standard InChI is InChI=1S/C25H22FNO4/c1-16(28)27(21-6-3-7-22(14-21)31-15-25(29)30)24-11-10-17-8-9-19(13-23(17)24)18-4-2-5-20(26)12-18/h2-9,12-14,24H,10-11,15H2,1H3,(H,29,30). The van der Waals surface area contributed by atoms with Crippen molar-refractivity contribution in [3.63, 3.8) is 0 Å². The third kappa shape index (κ3) is 4.43. The Balaban J connectivity index is 1.69. The number of amides is 1. The van der Waals surface area contributed by atoms with E-state index < -0.39 is 12.6 Å². The van der Waals surface area contributed by atoms with Crippen LogP contribution in [0, 0.1) is 5.82 Å². The average molecular weight is 419 g/mol. The Morgan fingerprint density at radius 2 is 1.84 bits per heavy atom. The lowest BCUT2D eigenvalue weighted by molar-refractivity contribution is -0.139. The Morgan fingerprint density at radius 1 is 1.06 bits per heavy atom. The zero-order chi connectivity index (χ0) is 22.0. The number of carboxylic acids is 1. The summed E-state index contributed by atoms with van der Waals surface area (Å²) in [6.07, 6.45) is 1.60. The van der Waals surface area contributed by atoms with Crippen LogP contribution >= 0.6 is 0 Å². The molecule has 31 heavy (non-hydrogen) atoms. The van der Waals surface area contributed by atoms with Crippen LogP contribution in [0.3, 0.4) is 0 Å². The van der Waals surface area contributed by atoms with Crippen molar-refractivity contribution in [1.29, 1.82) is 0 Å². The summed E-state index contributed by atoms with van der Waals surface area (Å²) in [5.74, 6) is -1.09. The summed E-state index contributed by atoms with van der Waals surface area (Å²) in [5, 5.41) is 8.85. The molecule has 6 heteroatoms. The minimum atomic E-state index is -1.07. The highest BCUT2D eigenvalue weighted by Gasteiger charge is 2.31. The van der Waals surface area contributed by atoms with Gasteiger partial charge in [0.25, 0.3) is 0 Å². The number of rotatable bonds is 6. The molecular weight excluding hydrogens is 397 g/mol. The van der Waals surface area contributed by atoms with Crippen molar-refractivity contribution in [3.8, 4) is 16.9 Å². The van der Waals surface area contributed by atoms with Crippen LogP contribution < -0.4 is 9.64 Å². The number of nitrogens with zero attached hydrogens (tertiary/aromatic N) is 1. The van der Waals surface area contributed by atoms with Gasteiger partial charge in [0.1, 0.15) is 11.6 Å². The number of anilines is 1. The van der Waals surface area contributed by atoms with E-state index in [9.17, 15) is 14.0 Å². The maximum atomic E-state index is 13.7. The lowest BCUT2D eigenvalue weighted by atomic mass is 9.98. The van der Waals surface area contributed by atoms with Gasteiger partial charge in [-0.15, -0.1) is 0 Å². The smallest absolute Gasteiger partial charge is 0.341 e. The van der Waals surface area contributed by atoms with Crippen LogP contribution in [0.15, 0.2) is 66.7 Å². The van der Waals surface area contributed by atoms with Crippen molar-refractivity contribution in [1.82, 2.24) is 0 Å². The molecule has 1 atom stereocenters. The van der Waals surface area contributed by atoms with Gasteiger partial charge in [0.2, 0.25) is 5.91 Å². The van der Waals surface area contributed by atoms with Crippen LogP contribution in [-0.4, -0.2) is 23.6 Å². The van der Waals surface area contributed by atoms with Gasteiger partial charge < -0.3 is 14.7 Å². The first-order valence-corrected chi connectivity index (χ1v) is 10.1. The maximum absolute atomic E-state index is 13.7. The third-order valence-electron chi connectivity index (χ3n) is 5.46. The number of carbonyl (C=O) groups excluding carboxylic acids is 1. The van der Waals surface area contributed by atoms with Crippen molar-refractivity contribution in [2.24, 2.45) is 0 Å². The molecule has 1 aliphatic rings. The second kappa shape index (κ2) is 8.60. The Morgan fingerprint density at radius 3 is 2.58 bits per heavy atom. The fourth-order valence-corrected chi connectivity index (χ4v) is 4.15. The van der Waals surface area contributed by atoms with Crippen LogP contribution in [0.5, 0.6) is 5.75 Å². The molecule has 1 amide bonds. The molecule has 3 aromatic carbocycles. The summed E-state index contributed by atoms with van der Waals surface area (Å²) in [7, 11) is 0. The first-order chi connectivity index (χ1) is 14.9. The molecule has 0 aromatic heterocycles. The van der Waals surface area contributed by atoms with Crippen LogP contribution in [0.2, 0.25) is 0 Å². The van der Waals surface area contributed by atoms with Gasteiger partial charge in [-0.1, -0.05) is 30.3 Å². The fourth-order valence-electron chi connectivity index (χ4n) is 4.15. The van der Waals surface area contributed by atoms with Gasteiger partial charge in [0.15, 0.2) is 6.61 Å². The summed E-state index contributed by atoms with van der Waals surface area (Å²) in [6.45, 7) is 1.06. The van der Waals surface area contributed by atoms with Crippen molar-refractivity contribution < 1.29 is 23.8 Å². The van der Waals surface area contributed by atoms with Gasteiger partial charge in [-0.3, -0.25) is 4.79 Å². The molecule has 3 aromatic rings. The van der Waals surface area contributed by atoms with Crippen molar-refractivity contribution >= 4 is 17.6 Å². The van der Waals surface area contributed by atoms with Gasteiger partial charge in [0, 0.05) is 18.7 Å². The minimum Gasteiger partial charge on any atom is -0.482 e. The predicted octanol–water partition coefficient (Wildman–Crippen LogP) is 5.00. The normalized spacial score (nSPS) is 14.7. The second-order valence-corrected chi connectivity index (χ2v) is 7.55. The molecule has 0 bridgehead atoms. The van der Waals surface area contributed by atoms with Gasteiger partial charge in [-0.25, -0.2) is 9.18 Å². The topological polar surface area (TPSA) is 66.8 Å². The van der Waals surface area contributed by atoms with Gasteiger partial charge in [0.05, 0.1) is 6.04 Å². The highest BCUT2D eigenvalue weighted by atomic mass is 19.1. The van der Waals surface area contributed by atoms with Crippen molar-refractivity contribution in [2.75, 3.05) is 11.5 Å². The number of benzene rings is 3. The van der Waals surface area contributed by atoms with E-state index in [2.05, 4.69) is 0 Å². The summed E-state index contributed by atoms with van der Waals surface area (Å²) in [4.78, 5) is 25.2. The van der Waals surface area contributed by atoms with Crippen molar-refractivity contribution in [3.05, 3.63) is 83.7 Å². The van der Waals surface area contributed by atoms with Gasteiger partial charge in [-0.05, 0) is 65.4 Å². The fraction of sp³-hybridized carbons (Fsp3) is 0.200. The number of hydrogen-bond acceptors (Lipinski definition) is 3.